The molecule has 156 valence electrons. The molecule has 10 heteroatoms. The predicted molar refractivity (Wildman–Crippen MR) is 115 cm³/mol. The second-order valence-corrected chi connectivity index (χ2v) is 6.39. The van der Waals surface area contributed by atoms with E-state index in [1.807, 2.05) is 31.2 Å². The third-order valence-electron chi connectivity index (χ3n) is 3.91. The first-order chi connectivity index (χ1) is 14.5. The van der Waals surface area contributed by atoms with E-state index in [-0.39, 0.29) is 0 Å². The highest BCUT2D eigenvalue weighted by molar-refractivity contribution is 7.71. The fraction of sp³-hybridized carbons (Fsp3) is 0.200. The molecule has 0 atom stereocenters. The van der Waals surface area contributed by atoms with Gasteiger partial charge in [-0.1, -0.05) is 0 Å². The lowest BCUT2D eigenvalue weighted by atomic mass is 10.2. The van der Waals surface area contributed by atoms with E-state index < -0.39 is 5.97 Å². The van der Waals surface area contributed by atoms with Crippen molar-refractivity contribution in [2.45, 2.75) is 13.8 Å². The number of esters is 1. The number of hydrazone groups is 1. The molecule has 3 rings (SSSR count). The molecule has 3 aromatic rings. The molecule has 0 aliphatic carbocycles. The molecule has 30 heavy (non-hydrogen) atoms. The molecule has 0 spiro atoms. The van der Waals surface area contributed by atoms with Gasteiger partial charge in [0.2, 0.25) is 4.77 Å². The number of nitrogens with zero attached hydrogens (tertiary/aromatic N) is 3. The normalized spacial score (nSPS) is 10.8. The van der Waals surface area contributed by atoms with Crippen molar-refractivity contribution >= 4 is 24.4 Å². The van der Waals surface area contributed by atoms with E-state index >= 15 is 0 Å². The van der Waals surface area contributed by atoms with Crippen molar-refractivity contribution in [2.24, 2.45) is 5.10 Å². The molecule has 0 fully saturated rings. The summed E-state index contributed by atoms with van der Waals surface area (Å²) in [6, 6.07) is 12.6. The summed E-state index contributed by atoms with van der Waals surface area (Å²) in [5, 5.41) is 11.2. The molecule has 0 unspecified atom stereocenters. The van der Waals surface area contributed by atoms with Gasteiger partial charge in [-0.25, -0.2) is 10.6 Å². The highest BCUT2D eigenvalue weighted by Gasteiger charge is 2.09. The minimum absolute atomic E-state index is 0.338. The van der Waals surface area contributed by atoms with E-state index in [9.17, 15) is 4.79 Å². The number of methoxy groups -OCH3 is 1. The molecule has 2 aromatic carbocycles. The standard InChI is InChI=1S/C20H21N5O4S/c1-4-28-16-8-6-15(7-9-16)19-22-23-20(30)25(19)24-21-12-14-5-10-17(29-13(2)26)18(11-14)27-3/h5-12,24H,4H2,1-3H3,(H,23,30). The van der Waals surface area contributed by atoms with Crippen LogP contribution in [0.25, 0.3) is 11.4 Å². The average Bonchev–Trinajstić information content (AvgIpc) is 3.10. The lowest BCUT2D eigenvalue weighted by molar-refractivity contribution is -0.132. The summed E-state index contributed by atoms with van der Waals surface area (Å²) in [5.41, 5.74) is 4.43. The fourth-order valence-corrected chi connectivity index (χ4v) is 2.79. The smallest absolute Gasteiger partial charge is 0.308 e. The van der Waals surface area contributed by atoms with Crippen molar-refractivity contribution in [1.82, 2.24) is 14.9 Å². The number of aromatic amines is 1. The van der Waals surface area contributed by atoms with Crippen LogP contribution in [0, 0.1) is 4.77 Å². The van der Waals surface area contributed by atoms with E-state index in [0.29, 0.717) is 28.7 Å². The van der Waals surface area contributed by atoms with E-state index in [2.05, 4.69) is 20.8 Å². The third kappa shape index (κ3) is 5.03. The Kier molecular flexibility index (Phi) is 6.81. The van der Waals surface area contributed by atoms with Crippen LogP contribution in [0.15, 0.2) is 47.6 Å². The maximum atomic E-state index is 11.2. The Hall–Kier alpha value is -3.66. The van der Waals surface area contributed by atoms with Crippen molar-refractivity contribution in [3.8, 4) is 28.6 Å². The Balaban J connectivity index is 1.78. The van der Waals surface area contributed by atoms with Gasteiger partial charge in [0.05, 0.1) is 19.9 Å². The maximum absolute atomic E-state index is 11.2. The summed E-state index contributed by atoms with van der Waals surface area (Å²) in [6.07, 6.45) is 1.58. The SMILES string of the molecule is CCOc1ccc(-c2n[nH]c(=S)n2NN=Cc2ccc(OC(C)=O)c(OC)c2)cc1. The Morgan fingerprint density at radius 2 is 2.03 bits per heavy atom. The highest BCUT2D eigenvalue weighted by atomic mass is 32.1. The van der Waals surface area contributed by atoms with Gasteiger partial charge in [-0.05, 0) is 67.2 Å². The van der Waals surface area contributed by atoms with E-state index in [0.717, 1.165) is 16.9 Å². The number of ether oxygens (including phenoxy) is 3. The lowest BCUT2D eigenvalue weighted by Gasteiger charge is -2.09. The molecule has 0 saturated carbocycles. The number of aromatic nitrogens is 3. The maximum Gasteiger partial charge on any atom is 0.308 e. The zero-order valence-corrected chi connectivity index (χ0v) is 17.5. The van der Waals surface area contributed by atoms with Gasteiger partial charge in [0.15, 0.2) is 17.3 Å². The van der Waals surface area contributed by atoms with Gasteiger partial charge >= 0.3 is 5.97 Å². The van der Waals surface area contributed by atoms with Crippen LogP contribution >= 0.6 is 12.2 Å². The number of carbonyl (C=O) groups excluding carboxylic acids is 1. The van der Waals surface area contributed by atoms with Crippen molar-refractivity contribution in [3.63, 3.8) is 0 Å². The Morgan fingerprint density at radius 3 is 2.70 bits per heavy atom. The summed E-state index contributed by atoms with van der Waals surface area (Å²) >= 11 is 5.28. The van der Waals surface area contributed by atoms with Crippen LogP contribution in [-0.4, -0.2) is 40.8 Å². The average molecular weight is 427 g/mol. The Morgan fingerprint density at radius 1 is 1.27 bits per heavy atom. The largest absolute Gasteiger partial charge is 0.494 e. The summed E-state index contributed by atoms with van der Waals surface area (Å²) in [6.45, 7) is 3.86. The van der Waals surface area contributed by atoms with Gasteiger partial charge in [-0.15, -0.1) is 0 Å². The minimum Gasteiger partial charge on any atom is -0.494 e. The monoisotopic (exact) mass is 427 g/mol. The van der Waals surface area contributed by atoms with Crippen molar-refractivity contribution in [1.29, 1.82) is 0 Å². The molecule has 1 aromatic heterocycles. The van der Waals surface area contributed by atoms with Gasteiger partial charge in [0.25, 0.3) is 0 Å². The molecule has 0 amide bonds. The number of hydrogen-bond donors (Lipinski definition) is 2. The second kappa shape index (κ2) is 9.70. The molecular weight excluding hydrogens is 406 g/mol. The van der Waals surface area contributed by atoms with Crippen LogP contribution in [0.3, 0.4) is 0 Å². The summed E-state index contributed by atoms with van der Waals surface area (Å²) < 4.78 is 17.7. The molecule has 0 radical (unpaired) electrons. The zero-order chi connectivity index (χ0) is 21.5. The van der Waals surface area contributed by atoms with Gasteiger partial charge in [0.1, 0.15) is 5.75 Å². The van der Waals surface area contributed by atoms with Crippen molar-refractivity contribution < 1.29 is 19.0 Å². The molecule has 0 bridgehead atoms. The van der Waals surface area contributed by atoms with Crippen LogP contribution in [0.5, 0.6) is 17.2 Å². The first-order valence-electron chi connectivity index (χ1n) is 9.08. The van der Waals surface area contributed by atoms with Gasteiger partial charge in [-0.3, -0.25) is 4.79 Å². The topological polar surface area (TPSA) is 103 Å². The fourth-order valence-electron chi connectivity index (χ4n) is 2.62. The van der Waals surface area contributed by atoms with Gasteiger partial charge in [-0.2, -0.15) is 14.9 Å². The Labute approximate surface area is 178 Å². The number of nitrogens with one attached hydrogen (secondary N) is 2. The Bertz CT molecular complexity index is 1110. The molecule has 0 aliphatic rings. The van der Waals surface area contributed by atoms with E-state index in [4.69, 9.17) is 26.4 Å². The summed E-state index contributed by atoms with van der Waals surface area (Å²) in [7, 11) is 1.50. The number of benzene rings is 2. The minimum atomic E-state index is -0.424. The molecular formula is C20H21N5O4S. The highest BCUT2D eigenvalue weighted by Crippen LogP contribution is 2.27. The molecule has 9 nitrogen and oxygen atoms in total. The van der Waals surface area contributed by atoms with Gasteiger partial charge < -0.3 is 14.2 Å². The second-order valence-electron chi connectivity index (χ2n) is 6.01. The van der Waals surface area contributed by atoms with Crippen LogP contribution in [0.1, 0.15) is 19.4 Å². The van der Waals surface area contributed by atoms with E-state index in [1.165, 1.54) is 14.0 Å². The molecule has 2 N–H and O–H groups in total. The quantitative estimate of drug-likeness (QED) is 0.186. The van der Waals surface area contributed by atoms with Gasteiger partial charge in [0, 0.05) is 12.5 Å². The van der Waals surface area contributed by atoms with Crippen LogP contribution < -0.4 is 19.7 Å². The number of carbonyl (C=O) groups is 1. The van der Waals surface area contributed by atoms with E-state index in [1.54, 1.807) is 29.1 Å². The number of H-pyrrole nitrogens is 1. The summed E-state index contributed by atoms with van der Waals surface area (Å²) in [4.78, 5) is 11.2. The lowest BCUT2D eigenvalue weighted by Crippen LogP contribution is -2.10. The predicted octanol–water partition coefficient (Wildman–Crippen LogP) is 3.52. The zero-order valence-electron chi connectivity index (χ0n) is 16.7. The van der Waals surface area contributed by atoms with Crippen molar-refractivity contribution in [2.75, 3.05) is 19.3 Å². The van der Waals surface area contributed by atoms with Crippen LogP contribution in [0.2, 0.25) is 0 Å². The number of rotatable bonds is 8. The third-order valence-corrected chi connectivity index (χ3v) is 4.18. The first kappa shape index (κ1) is 21.1. The first-order valence-corrected chi connectivity index (χ1v) is 9.48. The molecule has 0 saturated heterocycles. The van der Waals surface area contributed by atoms with Crippen molar-refractivity contribution in [3.05, 3.63) is 52.8 Å². The number of hydrogen-bond acceptors (Lipinski definition) is 8. The van der Waals surface area contributed by atoms with Crippen LogP contribution in [0.4, 0.5) is 0 Å². The van der Waals surface area contributed by atoms with Crippen LogP contribution in [-0.2, 0) is 4.79 Å². The molecule has 0 aliphatic heterocycles. The summed E-state index contributed by atoms with van der Waals surface area (Å²) in [5.74, 6) is 1.68. The molecule has 1 heterocycles.